The number of nitrogens with zero attached hydrogens (tertiary/aromatic N) is 1. The highest BCUT2D eigenvalue weighted by Crippen LogP contribution is 2.27. The molecule has 0 saturated carbocycles. The van der Waals surface area contributed by atoms with Crippen molar-refractivity contribution < 1.29 is 9.21 Å². The van der Waals surface area contributed by atoms with Crippen LogP contribution in [-0.2, 0) is 4.79 Å². The Morgan fingerprint density at radius 3 is 2.68 bits per heavy atom. The zero-order chi connectivity index (χ0) is 20.1. The predicted octanol–water partition coefficient (Wildman–Crippen LogP) is 5.50. The molecule has 0 saturated heterocycles. The number of nitrogens with one attached hydrogen (secondary N) is 2. The number of aryl methyl sites for hydroxylation is 2. The summed E-state index contributed by atoms with van der Waals surface area (Å²) < 4.78 is 5.89. The number of hydrogen-bond donors (Lipinski definition) is 2. The first-order valence-electron chi connectivity index (χ1n) is 9.55. The minimum atomic E-state index is -0.0644. The normalized spacial score (nSPS) is 10.8. The molecule has 0 bridgehead atoms. The number of fused-ring (bicyclic) bond motifs is 1. The minimum absolute atomic E-state index is 0.0644. The van der Waals surface area contributed by atoms with E-state index in [-0.39, 0.29) is 5.91 Å². The summed E-state index contributed by atoms with van der Waals surface area (Å²) in [5, 5.41) is 6.04. The lowest BCUT2D eigenvalue weighted by Gasteiger charge is -2.09. The quantitative estimate of drug-likeness (QED) is 0.426. The summed E-state index contributed by atoms with van der Waals surface area (Å²) in [4.78, 5) is 16.5. The predicted molar refractivity (Wildman–Crippen MR) is 117 cm³/mol. The van der Waals surface area contributed by atoms with Gasteiger partial charge in [-0.2, -0.15) is 0 Å². The molecule has 146 valence electrons. The van der Waals surface area contributed by atoms with Crippen LogP contribution in [0.2, 0.25) is 0 Å². The number of oxazole rings is 1. The number of benzene rings is 2. The molecule has 6 heteroatoms. The minimum Gasteiger partial charge on any atom is -0.436 e. The van der Waals surface area contributed by atoms with E-state index >= 15 is 0 Å². The number of thiocarbonyl (C=S) groups is 1. The zero-order valence-corrected chi connectivity index (χ0v) is 17.3. The monoisotopic (exact) mass is 395 g/mol. The Labute approximate surface area is 170 Å². The SMILES string of the molecule is CCCCCC(=O)NC(=S)Nc1ccc2oc(-c3ccc(C)c(C)c3)nc2c1. The lowest BCUT2D eigenvalue weighted by molar-refractivity contribution is -0.119. The third kappa shape index (κ3) is 4.95. The van der Waals surface area contributed by atoms with Crippen molar-refractivity contribution in [2.75, 3.05) is 5.32 Å². The number of anilines is 1. The van der Waals surface area contributed by atoms with E-state index in [1.54, 1.807) is 0 Å². The number of hydrogen-bond acceptors (Lipinski definition) is 4. The van der Waals surface area contributed by atoms with Gasteiger partial charge in [-0.25, -0.2) is 4.98 Å². The van der Waals surface area contributed by atoms with Crippen LogP contribution in [0.3, 0.4) is 0 Å². The second-order valence-electron chi connectivity index (χ2n) is 6.96. The lowest BCUT2D eigenvalue weighted by Crippen LogP contribution is -2.33. The molecular weight excluding hydrogens is 370 g/mol. The Morgan fingerprint density at radius 2 is 1.93 bits per heavy atom. The van der Waals surface area contributed by atoms with Gasteiger partial charge in [-0.1, -0.05) is 25.8 Å². The molecule has 0 fully saturated rings. The van der Waals surface area contributed by atoms with Gasteiger partial charge in [0.05, 0.1) is 0 Å². The molecule has 2 aromatic carbocycles. The summed E-state index contributed by atoms with van der Waals surface area (Å²) in [5.41, 5.74) is 5.57. The Bertz CT molecular complexity index is 1010. The largest absolute Gasteiger partial charge is 0.436 e. The van der Waals surface area contributed by atoms with Crippen molar-refractivity contribution in [2.45, 2.75) is 46.5 Å². The molecule has 28 heavy (non-hydrogen) atoms. The highest BCUT2D eigenvalue weighted by Gasteiger charge is 2.11. The van der Waals surface area contributed by atoms with Gasteiger partial charge in [-0.15, -0.1) is 0 Å². The van der Waals surface area contributed by atoms with Gasteiger partial charge in [0, 0.05) is 17.7 Å². The topological polar surface area (TPSA) is 67.2 Å². The van der Waals surface area contributed by atoms with Gasteiger partial charge in [0.15, 0.2) is 10.7 Å². The van der Waals surface area contributed by atoms with E-state index in [1.165, 1.54) is 11.1 Å². The number of rotatable bonds is 6. The van der Waals surface area contributed by atoms with Crippen molar-refractivity contribution in [3.05, 3.63) is 47.5 Å². The molecule has 1 aromatic heterocycles. The molecule has 1 heterocycles. The molecule has 5 nitrogen and oxygen atoms in total. The van der Waals surface area contributed by atoms with Crippen molar-refractivity contribution in [3.63, 3.8) is 0 Å². The van der Waals surface area contributed by atoms with Gasteiger partial charge < -0.3 is 15.1 Å². The van der Waals surface area contributed by atoms with E-state index < -0.39 is 0 Å². The van der Waals surface area contributed by atoms with Crippen LogP contribution in [0, 0.1) is 13.8 Å². The average Bonchev–Trinajstić information content (AvgIpc) is 3.07. The maximum atomic E-state index is 11.9. The van der Waals surface area contributed by atoms with Crippen molar-refractivity contribution in [1.82, 2.24) is 10.3 Å². The number of unbranched alkanes of at least 4 members (excludes halogenated alkanes) is 2. The molecule has 1 amide bonds. The van der Waals surface area contributed by atoms with Gasteiger partial charge in [-0.05, 0) is 73.9 Å². The molecule has 0 unspecified atom stereocenters. The first-order chi connectivity index (χ1) is 13.5. The van der Waals surface area contributed by atoms with Crippen LogP contribution in [0.4, 0.5) is 5.69 Å². The Kier molecular flexibility index (Phi) is 6.41. The number of aromatic nitrogens is 1. The lowest BCUT2D eigenvalue weighted by atomic mass is 10.1. The van der Waals surface area contributed by atoms with E-state index in [2.05, 4.69) is 48.5 Å². The Hall–Kier alpha value is -2.73. The van der Waals surface area contributed by atoms with Crippen molar-refractivity contribution >= 4 is 40.0 Å². The molecule has 0 radical (unpaired) electrons. The highest BCUT2D eigenvalue weighted by atomic mass is 32.1. The van der Waals surface area contributed by atoms with Gasteiger partial charge in [0.2, 0.25) is 11.8 Å². The maximum Gasteiger partial charge on any atom is 0.227 e. The molecule has 0 spiro atoms. The summed E-state index contributed by atoms with van der Waals surface area (Å²) in [7, 11) is 0. The molecule has 2 N–H and O–H groups in total. The fourth-order valence-electron chi connectivity index (χ4n) is 2.89. The van der Waals surface area contributed by atoms with Crippen LogP contribution < -0.4 is 10.6 Å². The molecule has 0 aliphatic heterocycles. The van der Waals surface area contributed by atoms with Crippen LogP contribution in [0.5, 0.6) is 0 Å². The molecule has 0 aliphatic carbocycles. The third-order valence-corrected chi connectivity index (χ3v) is 4.86. The number of carbonyl (C=O) groups excluding carboxylic acids is 1. The van der Waals surface area contributed by atoms with Crippen LogP contribution in [0.25, 0.3) is 22.6 Å². The van der Waals surface area contributed by atoms with Crippen molar-refractivity contribution in [1.29, 1.82) is 0 Å². The Morgan fingerprint density at radius 1 is 1.11 bits per heavy atom. The molecule has 0 aliphatic rings. The maximum absolute atomic E-state index is 11.9. The standard InChI is InChI=1S/C22H25N3O2S/c1-4-5-6-7-20(26)25-22(28)23-17-10-11-19-18(13-17)24-21(27-19)16-9-8-14(2)15(3)12-16/h8-13H,4-7H2,1-3H3,(H2,23,25,26,28). The fourth-order valence-corrected chi connectivity index (χ4v) is 3.12. The van der Waals surface area contributed by atoms with Crippen LogP contribution in [0.1, 0.15) is 43.7 Å². The zero-order valence-electron chi connectivity index (χ0n) is 16.5. The molecular formula is C22H25N3O2S. The first kappa shape index (κ1) is 20.0. The average molecular weight is 396 g/mol. The number of carbonyl (C=O) groups is 1. The van der Waals surface area contributed by atoms with E-state index in [4.69, 9.17) is 16.6 Å². The van der Waals surface area contributed by atoms with Crippen LogP contribution >= 0.6 is 12.2 Å². The fraction of sp³-hybridized carbons (Fsp3) is 0.318. The summed E-state index contributed by atoms with van der Waals surface area (Å²) in [6.07, 6.45) is 3.48. The van der Waals surface area contributed by atoms with E-state index in [0.717, 1.165) is 36.0 Å². The van der Waals surface area contributed by atoms with E-state index in [1.807, 2.05) is 24.3 Å². The van der Waals surface area contributed by atoms with Crippen LogP contribution in [-0.4, -0.2) is 16.0 Å². The summed E-state index contributed by atoms with van der Waals surface area (Å²) in [5.74, 6) is 0.521. The first-order valence-corrected chi connectivity index (χ1v) is 9.96. The highest BCUT2D eigenvalue weighted by molar-refractivity contribution is 7.80. The molecule has 3 rings (SSSR count). The third-order valence-electron chi connectivity index (χ3n) is 4.66. The van der Waals surface area contributed by atoms with Gasteiger partial charge in [0.25, 0.3) is 0 Å². The van der Waals surface area contributed by atoms with E-state index in [0.29, 0.717) is 23.0 Å². The van der Waals surface area contributed by atoms with Crippen LogP contribution in [0.15, 0.2) is 40.8 Å². The summed E-state index contributed by atoms with van der Waals surface area (Å²) in [6.45, 7) is 6.26. The van der Waals surface area contributed by atoms with Gasteiger partial charge >= 0.3 is 0 Å². The molecule has 3 aromatic rings. The Balaban J connectivity index is 1.69. The van der Waals surface area contributed by atoms with Gasteiger partial charge in [-0.3, -0.25) is 4.79 Å². The van der Waals surface area contributed by atoms with E-state index in [9.17, 15) is 4.79 Å². The summed E-state index contributed by atoms with van der Waals surface area (Å²) in [6, 6.07) is 11.7. The smallest absolute Gasteiger partial charge is 0.227 e. The summed E-state index contributed by atoms with van der Waals surface area (Å²) >= 11 is 5.24. The second-order valence-corrected chi connectivity index (χ2v) is 7.37. The van der Waals surface area contributed by atoms with Crippen molar-refractivity contribution in [2.24, 2.45) is 0 Å². The second kappa shape index (κ2) is 8.97. The van der Waals surface area contributed by atoms with Crippen molar-refractivity contribution in [3.8, 4) is 11.5 Å². The number of amides is 1. The molecule has 0 atom stereocenters. The van der Waals surface area contributed by atoms with Gasteiger partial charge in [0.1, 0.15) is 5.52 Å².